The molecule has 0 saturated carbocycles. The van der Waals surface area contributed by atoms with Gasteiger partial charge in [0, 0.05) is 6.54 Å². The van der Waals surface area contributed by atoms with Crippen molar-refractivity contribution in [3.63, 3.8) is 0 Å². The molecule has 1 heterocycles. The summed E-state index contributed by atoms with van der Waals surface area (Å²) in [5.74, 6) is -2.20. The van der Waals surface area contributed by atoms with Crippen LogP contribution in [0.1, 0.15) is 24.1 Å². The molecule has 1 aromatic carbocycles. The minimum Gasteiger partial charge on any atom is -0.465 e. The molecule has 18 heavy (non-hydrogen) atoms. The van der Waals surface area contributed by atoms with E-state index in [1.807, 2.05) is 0 Å². The van der Waals surface area contributed by atoms with Crippen molar-refractivity contribution in [2.45, 2.75) is 19.4 Å². The lowest BCUT2D eigenvalue weighted by Crippen LogP contribution is -2.36. The molecule has 3 nitrogen and oxygen atoms in total. The molecule has 1 aliphatic heterocycles. The van der Waals surface area contributed by atoms with E-state index in [2.05, 4.69) is 5.32 Å². The van der Waals surface area contributed by atoms with Gasteiger partial charge in [0.25, 0.3) is 0 Å². The number of carbonyl (C=O) groups excluding carboxylic acids is 1. The second-order valence-corrected chi connectivity index (χ2v) is 3.82. The van der Waals surface area contributed by atoms with Gasteiger partial charge in [-0.25, -0.2) is 13.6 Å². The Morgan fingerprint density at radius 3 is 2.89 bits per heavy atom. The SMILES string of the molecule is Br.CCOC(=O)C1NCCc2c1ccc(F)c2F. The van der Waals surface area contributed by atoms with Gasteiger partial charge in [-0.2, -0.15) is 0 Å². The smallest absolute Gasteiger partial charge is 0.327 e. The van der Waals surface area contributed by atoms with Gasteiger partial charge in [-0.1, -0.05) is 6.07 Å². The Labute approximate surface area is 114 Å². The quantitative estimate of drug-likeness (QED) is 0.849. The first-order chi connectivity index (χ1) is 8.15. The van der Waals surface area contributed by atoms with Crippen LogP contribution < -0.4 is 5.32 Å². The van der Waals surface area contributed by atoms with Gasteiger partial charge < -0.3 is 10.1 Å². The molecule has 100 valence electrons. The fraction of sp³-hybridized carbons (Fsp3) is 0.417. The van der Waals surface area contributed by atoms with E-state index < -0.39 is 23.6 Å². The van der Waals surface area contributed by atoms with Crippen molar-refractivity contribution in [2.24, 2.45) is 0 Å². The summed E-state index contributed by atoms with van der Waals surface area (Å²) in [5.41, 5.74) is 0.732. The fourth-order valence-corrected chi connectivity index (χ4v) is 2.02. The van der Waals surface area contributed by atoms with Crippen molar-refractivity contribution in [1.29, 1.82) is 0 Å². The van der Waals surface area contributed by atoms with E-state index in [1.54, 1.807) is 6.92 Å². The van der Waals surface area contributed by atoms with E-state index >= 15 is 0 Å². The van der Waals surface area contributed by atoms with Gasteiger partial charge in [-0.3, -0.25) is 0 Å². The molecule has 1 atom stereocenters. The second-order valence-electron chi connectivity index (χ2n) is 3.82. The van der Waals surface area contributed by atoms with Crippen molar-refractivity contribution in [1.82, 2.24) is 5.32 Å². The zero-order valence-electron chi connectivity index (χ0n) is 9.83. The van der Waals surface area contributed by atoms with Crippen LogP contribution in [0.5, 0.6) is 0 Å². The van der Waals surface area contributed by atoms with E-state index in [4.69, 9.17) is 4.74 Å². The first-order valence-corrected chi connectivity index (χ1v) is 5.52. The maximum Gasteiger partial charge on any atom is 0.327 e. The van der Waals surface area contributed by atoms with E-state index in [0.29, 0.717) is 18.5 Å². The minimum absolute atomic E-state index is 0. The lowest BCUT2D eigenvalue weighted by molar-refractivity contribution is -0.146. The summed E-state index contributed by atoms with van der Waals surface area (Å²) in [6, 6.07) is 1.77. The molecular weight excluding hydrogens is 308 g/mol. The summed E-state index contributed by atoms with van der Waals surface area (Å²) in [6.45, 7) is 2.39. The zero-order chi connectivity index (χ0) is 12.4. The highest BCUT2D eigenvalue weighted by atomic mass is 79.9. The highest BCUT2D eigenvalue weighted by Gasteiger charge is 2.29. The van der Waals surface area contributed by atoms with Gasteiger partial charge in [0.2, 0.25) is 0 Å². The van der Waals surface area contributed by atoms with Crippen molar-refractivity contribution in [3.8, 4) is 0 Å². The minimum atomic E-state index is -0.881. The predicted octanol–water partition coefficient (Wildman–Crippen LogP) is 2.29. The number of rotatable bonds is 2. The fourth-order valence-electron chi connectivity index (χ4n) is 2.02. The lowest BCUT2D eigenvalue weighted by Gasteiger charge is -2.25. The Balaban J connectivity index is 0.00000162. The predicted molar refractivity (Wildman–Crippen MR) is 67.8 cm³/mol. The highest BCUT2D eigenvalue weighted by Crippen LogP contribution is 2.27. The van der Waals surface area contributed by atoms with Crippen molar-refractivity contribution >= 4 is 23.0 Å². The highest BCUT2D eigenvalue weighted by molar-refractivity contribution is 8.93. The lowest BCUT2D eigenvalue weighted by atomic mass is 9.93. The molecule has 1 N–H and O–H groups in total. The Hall–Kier alpha value is -1.01. The maximum absolute atomic E-state index is 13.6. The molecule has 0 saturated heterocycles. The van der Waals surface area contributed by atoms with Crippen LogP contribution in [0.2, 0.25) is 0 Å². The van der Waals surface area contributed by atoms with Gasteiger partial charge in [0.05, 0.1) is 6.61 Å². The topological polar surface area (TPSA) is 38.3 Å². The third kappa shape index (κ3) is 2.70. The number of hydrogen-bond donors (Lipinski definition) is 1. The Kier molecular flexibility index (Phi) is 5.22. The van der Waals surface area contributed by atoms with E-state index in [1.165, 1.54) is 6.07 Å². The number of hydrogen-bond acceptors (Lipinski definition) is 3. The standard InChI is InChI=1S/C12H13F2NO2.BrH/c1-2-17-12(16)11-8-3-4-9(13)10(14)7(8)5-6-15-11;/h3-4,11,15H,2,5-6H2,1H3;1H. The van der Waals surface area contributed by atoms with Crippen LogP contribution in [0, 0.1) is 11.6 Å². The third-order valence-electron chi connectivity index (χ3n) is 2.79. The maximum atomic E-state index is 13.6. The molecule has 1 aromatic rings. The van der Waals surface area contributed by atoms with Crippen LogP contribution in [0.25, 0.3) is 0 Å². The largest absolute Gasteiger partial charge is 0.465 e. The average molecular weight is 322 g/mol. The van der Waals surface area contributed by atoms with Gasteiger partial charge in [0.1, 0.15) is 6.04 Å². The molecule has 6 heteroatoms. The van der Waals surface area contributed by atoms with Crippen molar-refractivity contribution in [3.05, 3.63) is 34.9 Å². The molecule has 0 spiro atoms. The normalized spacial score (nSPS) is 17.6. The van der Waals surface area contributed by atoms with E-state index in [-0.39, 0.29) is 29.2 Å². The second kappa shape index (κ2) is 6.24. The Morgan fingerprint density at radius 2 is 2.22 bits per heavy atom. The van der Waals surface area contributed by atoms with Crippen LogP contribution in [0.15, 0.2) is 12.1 Å². The molecule has 0 radical (unpaired) electrons. The molecule has 0 bridgehead atoms. The molecule has 0 aliphatic carbocycles. The number of halogens is 3. The van der Waals surface area contributed by atoms with Crippen molar-refractivity contribution < 1.29 is 18.3 Å². The number of ether oxygens (including phenoxy) is 1. The summed E-state index contributed by atoms with van der Waals surface area (Å²) < 4.78 is 31.5. The van der Waals surface area contributed by atoms with Gasteiger partial charge in [-0.05, 0) is 30.5 Å². The molecule has 0 fully saturated rings. The van der Waals surface area contributed by atoms with Crippen LogP contribution >= 0.6 is 17.0 Å². The third-order valence-corrected chi connectivity index (χ3v) is 2.79. The van der Waals surface area contributed by atoms with Gasteiger partial charge >= 0.3 is 5.97 Å². The van der Waals surface area contributed by atoms with Crippen LogP contribution in [0.4, 0.5) is 8.78 Å². The Morgan fingerprint density at radius 1 is 1.50 bits per heavy atom. The number of nitrogens with one attached hydrogen (secondary N) is 1. The summed E-state index contributed by atoms with van der Waals surface area (Å²) in [6.07, 6.45) is 0.370. The van der Waals surface area contributed by atoms with Crippen LogP contribution in [-0.2, 0) is 16.0 Å². The summed E-state index contributed by atoms with van der Waals surface area (Å²) >= 11 is 0. The van der Waals surface area contributed by atoms with Gasteiger partial charge in [-0.15, -0.1) is 17.0 Å². The first kappa shape index (κ1) is 15.0. The number of esters is 1. The first-order valence-electron chi connectivity index (χ1n) is 5.52. The summed E-state index contributed by atoms with van der Waals surface area (Å²) in [4.78, 5) is 11.7. The van der Waals surface area contributed by atoms with Crippen molar-refractivity contribution in [2.75, 3.05) is 13.2 Å². The molecule has 0 amide bonds. The van der Waals surface area contributed by atoms with E-state index in [9.17, 15) is 13.6 Å². The number of fused-ring (bicyclic) bond motifs is 1. The Bertz CT molecular complexity index is 454. The van der Waals surface area contributed by atoms with E-state index in [0.717, 1.165) is 6.07 Å². The summed E-state index contributed by atoms with van der Waals surface area (Å²) in [7, 11) is 0. The molecule has 1 aliphatic rings. The van der Waals surface area contributed by atoms with Gasteiger partial charge in [0.15, 0.2) is 11.6 Å². The molecule has 0 aromatic heterocycles. The van der Waals surface area contributed by atoms with Crippen LogP contribution in [0.3, 0.4) is 0 Å². The molecule has 1 unspecified atom stereocenters. The number of carbonyl (C=O) groups is 1. The zero-order valence-corrected chi connectivity index (χ0v) is 11.5. The monoisotopic (exact) mass is 321 g/mol. The molecular formula is C12H14BrF2NO2. The molecule has 2 rings (SSSR count). The number of benzene rings is 1. The van der Waals surface area contributed by atoms with Crippen LogP contribution in [-0.4, -0.2) is 19.1 Å². The average Bonchev–Trinajstić information content (AvgIpc) is 2.33. The summed E-state index contributed by atoms with van der Waals surface area (Å²) in [5, 5.41) is 2.94.